The fraction of sp³-hybridized carbons (Fsp3) is 0.240. The summed E-state index contributed by atoms with van der Waals surface area (Å²) in [7, 11) is 1.47. The van der Waals surface area contributed by atoms with Gasteiger partial charge < -0.3 is 9.84 Å². The van der Waals surface area contributed by atoms with E-state index in [1.54, 1.807) is 12.3 Å². The quantitative estimate of drug-likeness (QED) is 0.619. The Bertz CT molecular complexity index is 1040. The number of benzene rings is 2. The number of carboxylic acids is 1. The van der Waals surface area contributed by atoms with Gasteiger partial charge in [-0.15, -0.1) is 0 Å². The molecule has 0 radical (unpaired) electrons. The van der Waals surface area contributed by atoms with E-state index in [0.29, 0.717) is 6.42 Å². The number of nitrogens with zero attached hydrogens (tertiary/aromatic N) is 2. The Morgan fingerprint density at radius 2 is 1.61 bits per heavy atom. The number of rotatable bonds is 7. The number of fused-ring (bicyclic) bond motifs is 3. The van der Waals surface area contributed by atoms with Crippen LogP contribution in [0.3, 0.4) is 0 Å². The first-order valence-electron chi connectivity index (χ1n) is 10.3. The molecule has 0 bridgehead atoms. The normalized spacial score (nSPS) is 13.2. The van der Waals surface area contributed by atoms with Crippen molar-refractivity contribution in [2.75, 3.05) is 13.7 Å². The molecule has 1 amide bonds. The Hall–Kier alpha value is -3.67. The van der Waals surface area contributed by atoms with Crippen LogP contribution in [0.25, 0.3) is 11.1 Å². The van der Waals surface area contributed by atoms with E-state index in [1.807, 2.05) is 48.5 Å². The van der Waals surface area contributed by atoms with Gasteiger partial charge in [0, 0.05) is 24.9 Å². The van der Waals surface area contributed by atoms with Crippen molar-refractivity contribution in [3.63, 3.8) is 0 Å². The summed E-state index contributed by atoms with van der Waals surface area (Å²) < 4.78 is 5.59. The molecule has 6 nitrogen and oxygen atoms in total. The summed E-state index contributed by atoms with van der Waals surface area (Å²) in [6, 6.07) is 20.7. The van der Waals surface area contributed by atoms with Gasteiger partial charge >= 0.3 is 12.1 Å². The van der Waals surface area contributed by atoms with Gasteiger partial charge in [-0.2, -0.15) is 0 Å². The highest BCUT2D eigenvalue weighted by molar-refractivity contribution is 5.81. The first-order chi connectivity index (χ1) is 15.1. The van der Waals surface area contributed by atoms with Crippen LogP contribution < -0.4 is 0 Å². The van der Waals surface area contributed by atoms with E-state index < -0.39 is 18.1 Å². The van der Waals surface area contributed by atoms with Gasteiger partial charge in [-0.3, -0.25) is 9.88 Å². The van der Waals surface area contributed by atoms with Crippen LogP contribution in [0.1, 0.15) is 29.2 Å². The van der Waals surface area contributed by atoms with Gasteiger partial charge in [0.15, 0.2) is 0 Å². The average Bonchev–Trinajstić information content (AvgIpc) is 3.11. The van der Waals surface area contributed by atoms with Crippen molar-refractivity contribution in [3.8, 4) is 11.1 Å². The summed E-state index contributed by atoms with van der Waals surface area (Å²) in [4.78, 5) is 29.9. The van der Waals surface area contributed by atoms with Crippen LogP contribution in [-0.4, -0.2) is 46.7 Å². The molecule has 0 saturated heterocycles. The van der Waals surface area contributed by atoms with Crippen molar-refractivity contribution in [2.45, 2.75) is 24.8 Å². The molecular formula is C25H24N2O4. The largest absolute Gasteiger partial charge is 0.480 e. The van der Waals surface area contributed by atoms with Crippen molar-refractivity contribution >= 4 is 12.1 Å². The van der Waals surface area contributed by atoms with E-state index in [0.717, 1.165) is 32.8 Å². The van der Waals surface area contributed by atoms with E-state index in [9.17, 15) is 14.7 Å². The highest BCUT2D eigenvalue weighted by atomic mass is 16.6. The van der Waals surface area contributed by atoms with E-state index in [4.69, 9.17) is 4.74 Å². The Labute approximate surface area is 181 Å². The second-order valence-electron chi connectivity index (χ2n) is 7.63. The number of aryl methyl sites for hydroxylation is 1. The smallest absolute Gasteiger partial charge is 0.410 e. The summed E-state index contributed by atoms with van der Waals surface area (Å²) in [5.74, 6) is -1.13. The zero-order valence-corrected chi connectivity index (χ0v) is 17.3. The van der Waals surface area contributed by atoms with Crippen LogP contribution in [-0.2, 0) is 16.0 Å². The third kappa shape index (κ3) is 4.28. The number of pyridine rings is 1. The molecule has 0 unspecified atom stereocenters. The lowest BCUT2D eigenvalue weighted by Gasteiger charge is -2.25. The van der Waals surface area contributed by atoms with Gasteiger partial charge in [0.1, 0.15) is 12.6 Å². The van der Waals surface area contributed by atoms with Crippen LogP contribution in [0.4, 0.5) is 4.79 Å². The first-order valence-corrected chi connectivity index (χ1v) is 10.3. The molecule has 0 spiro atoms. The number of carboxylic acid groups (broad SMARTS) is 1. The minimum absolute atomic E-state index is 0.0680. The molecule has 1 atom stereocenters. The minimum atomic E-state index is -1.06. The standard InChI is InChI=1S/C25H24N2O4/c1-27(23(24(28)29)14-13-17-8-6-7-15-26-17)25(30)31-16-22-20-11-4-2-9-18(20)19-10-3-5-12-21(19)22/h2-12,15,22-23H,13-14,16H2,1H3,(H,28,29)/t23-/m0/s1. The SMILES string of the molecule is CN(C(=O)OCC1c2ccccc2-c2ccccc21)[C@@H](CCc1ccccn1)C(=O)O. The maximum absolute atomic E-state index is 12.7. The molecule has 1 aliphatic rings. The fourth-order valence-electron chi connectivity index (χ4n) is 4.14. The molecule has 1 aliphatic carbocycles. The second kappa shape index (κ2) is 9.00. The number of aliphatic carboxylic acids is 1. The van der Waals surface area contributed by atoms with Gasteiger partial charge in [-0.05, 0) is 47.2 Å². The highest BCUT2D eigenvalue weighted by Gasteiger charge is 2.31. The lowest BCUT2D eigenvalue weighted by Crippen LogP contribution is -2.43. The number of hydrogen-bond donors (Lipinski definition) is 1. The number of carbonyl (C=O) groups is 2. The van der Waals surface area contributed by atoms with Crippen LogP contribution in [0.5, 0.6) is 0 Å². The van der Waals surface area contributed by atoms with Crippen molar-refractivity contribution < 1.29 is 19.4 Å². The van der Waals surface area contributed by atoms with Crippen molar-refractivity contribution in [3.05, 3.63) is 89.7 Å². The molecule has 2 aromatic carbocycles. The third-order valence-electron chi connectivity index (χ3n) is 5.78. The van der Waals surface area contributed by atoms with Crippen LogP contribution in [0.15, 0.2) is 72.9 Å². The number of likely N-dealkylation sites (N-methyl/N-ethyl adjacent to an activating group) is 1. The summed E-state index contributed by atoms with van der Waals surface area (Å²) in [5, 5.41) is 9.64. The lowest BCUT2D eigenvalue weighted by molar-refractivity contribution is -0.142. The van der Waals surface area contributed by atoms with Crippen LogP contribution in [0.2, 0.25) is 0 Å². The van der Waals surface area contributed by atoms with E-state index in [1.165, 1.54) is 7.05 Å². The number of carbonyl (C=O) groups excluding carboxylic acids is 1. The van der Waals surface area contributed by atoms with E-state index >= 15 is 0 Å². The molecule has 1 heterocycles. The maximum atomic E-state index is 12.7. The van der Waals surface area contributed by atoms with E-state index in [2.05, 4.69) is 17.1 Å². The first kappa shape index (κ1) is 20.6. The van der Waals surface area contributed by atoms with Crippen molar-refractivity contribution in [2.24, 2.45) is 0 Å². The number of ether oxygens (including phenoxy) is 1. The minimum Gasteiger partial charge on any atom is -0.480 e. The van der Waals surface area contributed by atoms with Crippen LogP contribution in [0, 0.1) is 0 Å². The average molecular weight is 416 g/mol. The summed E-state index contributed by atoms with van der Waals surface area (Å²) in [6.07, 6.45) is 1.74. The number of aromatic nitrogens is 1. The molecule has 4 rings (SSSR count). The van der Waals surface area contributed by atoms with Gasteiger partial charge in [0.25, 0.3) is 0 Å². The second-order valence-corrected chi connectivity index (χ2v) is 7.63. The molecule has 0 saturated carbocycles. The Balaban J connectivity index is 1.43. The van der Waals surface area contributed by atoms with Gasteiger partial charge in [0.2, 0.25) is 0 Å². The third-order valence-corrected chi connectivity index (χ3v) is 5.78. The molecule has 31 heavy (non-hydrogen) atoms. The molecule has 1 N–H and O–H groups in total. The highest BCUT2D eigenvalue weighted by Crippen LogP contribution is 2.44. The number of amides is 1. The van der Waals surface area contributed by atoms with Crippen LogP contribution >= 0.6 is 0 Å². The molecule has 6 heteroatoms. The van der Waals surface area contributed by atoms with Gasteiger partial charge in [0.05, 0.1) is 0 Å². The summed E-state index contributed by atoms with van der Waals surface area (Å²) in [6.45, 7) is 0.157. The predicted octanol–water partition coefficient (Wildman–Crippen LogP) is 4.35. The molecule has 0 aliphatic heterocycles. The molecular weight excluding hydrogens is 392 g/mol. The van der Waals surface area contributed by atoms with Crippen molar-refractivity contribution in [1.29, 1.82) is 0 Å². The zero-order chi connectivity index (χ0) is 21.8. The molecule has 158 valence electrons. The molecule has 1 aromatic heterocycles. The summed E-state index contributed by atoms with van der Waals surface area (Å²) >= 11 is 0. The molecule has 3 aromatic rings. The predicted molar refractivity (Wildman–Crippen MR) is 117 cm³/mol. The monoisotopic (exact) mass is 416 g/mol. The maximum Gasteiger partial charge on any atom is 0.410 e. The topological polar surface area (TPSA) is 79.7 Å². The summed E-state index contributed by atoms with van der Waals surface area (Å²) in [5.41, 5.74) is 5.31. The fourth-order valence-corrected chi connectivity index (χ4v) is 4.14. The zero-order valence-electron chi connectivity index (χ0n) is 17.3. The van der Waals surface area contributed by atoms with Gasteiger partial charge in [-0.25, -0.2) is 9.59 Å². The Kier molecular flexibility index (Phi) is 5.98. The van der Waals surface area contributed by atoms with Crippen molar-refractivity contribution in [1.82, 2.24) is 9.88 Å². The van der Waals surface area contributed by atoms with E-state index in [-0.39, 0.29) is 18.9 Å². The Morgan fingerprint density at radius 1 is 1.00 bits per heavy atom. The Morgan fingerprint density at radius 3 is 2.19 bits per heavy atom. The van der Waals surface area contributed by atoms with Gasteiger partial charge in [-0.1, -0.05) is 54.6 Å². The lowest BCUT2D eigenvalue weighted by atomic mass is 9.98. The number of hydrogen-bond acceptors (Lipinski definition) is 4. The molecule has 0 fully saturated rings.